The SMILES string of the molecule is CCc1cccc(C2CCNC(C(N)=O)C2)c1. The van der Waals surface area contributed by atoms with Crippen LogP contribution in [0.2, 0.25) is 0 Å². The van der Waals surface area contributed by atoms with Crippen LogP contribution in [0.15, 0.2) is 24.3 Å². The maximum atomic E-state index is 11.2. The van der Waals surface area contributed by atoms with Gasteiger partial charge in [-0.3, -0.25) is 4.79 Å². The molecule has 0 spiro atoms. The minimum absolute atomic E-state index is 0.168. The standard InChI is InChI=1S/C14H20N2O/c1-2-10-4-3-5-11(8-10)12-6-7-16-13(9-12)14(15)17/h3-5,8,12-13,16H,2,6-7,9H2,1H3,(H2,15,17). The first-order valence-corrected chi connectivity index (χ1v) is 6.32. The van der Waals surface area contributed by atoms with E-state index in [2.05, 4.69) is 36.5 Å². The number of rotatable bonds is 3. The van der Waals surface area contributed by atoms with Crippen LogP contribution in [0.25, 0.3) is 0 Å². The van der Waals surface area contributed by atoms with Crippen molar-refractivity contribution in [3.05, 3.63) is 35.4 Å². The Morgan fingerprint density at radius 1 is 1.53 bits per heavy atom. The van der Waals surface area contributed by atoms with Crippen LogP contribution in [0.3, 0.4) is 0 Å². The fourth-order valence-electron chi connectivity index (χ4n) is 2.50. The molecule has 3 N–H and O–H groups in total. The van der Waals surface area contributed by atoms with Crippen LogP contribution >= 0.6 is 0 Å². The second kappa shape index (κ2) is 5.32. The molecule has 1 fully saturated rings. The van der Waals surface area contributed by atoms with Gasteiger partial charge in [0.25, 0.3) is 0 Å². The Labute approximate surface area is 102 Å². The first-order chi connectivity index (χ1) is 8.20. The van der Waals surface area contributed by atoms with Gasteiger partial charge in [-0.15, -0.1) is 0 Å². The van der Waals surface area contributed by atoms with Gasteiger partial charge in [0.05, 0.1) is 6.04 Å². The molecule has 0 radical (unpaired) electrons. The Balaban J connectivity index is 2.13. The zero-order chi connectivity index (χ0) is 12.3. The molecule has 3 nitrogen and oxygen atoms in total. The summed E-state index contributed by atoms with van der Waals surface area (Å²) in [5.41, 5.74) is 8.06. The van der Waals surface area contributed by atoms with Crippen molar-refractivity contribution in [2.45, 2.75) is 38.1 Å². The summed E-state index contributed by atoms with van der Waals surface area (Å²) in [7, 11) is 0. The molecule has 0 aliphatic carbocycles. The molecule has 1 aromatic carbocycles. The number of nitrogens with two attached hydrogens (primary N) is 1. The van der Waals surface area contributed by atoms with Crippen molar-refractivity contribution in [2.75, 3.05) is 6.54 Å². The van der Waals surface area contributed by atoms with Crippen LogP contribution in [-0.4, -0.2) is 18.5 Å². The number of primary amides is 1. The Morgan fingerprint density at radius 2 is 2.35 bits per heavy atom. The third-order valence-electron chi connectivity index (χ3n) is 3.58. The number of carbonyl (C=O) groups excluding carboxylic acids is 1. The lowest BCUT2D eigenvalue weighted by atomic mass is 9.85. The summed E-state index contributed by atoms with van der Waals surface area (Å²) in [6.45, 7) is 3.03. The summed E-state index contributed by atoms with van der Waals surface area (Å²) >= 11 is 0. The second-order valence-electron chi connectivity index (χ2n) is 4.73. The van der Waals surface area contributed by atoms with E-state index in [9.17, 15) is 4.79 Å². The van der Waals surface area contributed by atoms with Gasteiger partial charge in [-0.1, -0.05) is 31.2 Å². The van der Waals surface area contributed by atoms with E-state index in [-0.39, 0.29) is 11.9 Å². The van der Waals surface area contributed by atoms with E-state index in [1.165, 1.54) is 11.1 Å². The van der Waals surface area contributed by atoms with Crippen LogP contribution < -0.4 is 11.1 Å². The predicted molar refractivity (Wildman–Crippen MR) is 68.8 cm³/mol. The zero-order valence-electron chi connectivity index (χ0n) is 10.3. The van der Waals surface area contributed by atoms with Crippen molar-refractivity contribution in [3.8, 4) is 0 Å². The number of piperidine rings is 1. The van der Waals surface area contributed by atoms with Gasteiger partial charge in [0.15, 0.2) is 0 Å². The summed E-state index contributed by atoms with van der Waals surface area (Å²) < 4.78 is 0. The van der Waals surface area contributed by atoms with Crippen LogP contribution in [0, 0.1) is 0 Å². The molecule has 17 heavy (non-hydrogen) atoms. The Bertz CT molecular complexity index is 403. The van der Waals surface area contributed by atoms with Gasteiger partial charge < -0.3 is 11.1 Å². The van der Waals surface area contributed by atoms with Gasteiger partial charge in [-0.05, 0) is 42.9 Å². The summed E-state index contributed by atoms with van der Waals surface area (Å²) in [5, 5.41) is 3.17. The van der Waals surface area contributed by atoms with Gasteiger partial charge >= 0.3 is 0 Å². The molecule has 2 unspecified atom stereocenters. The third kappa shape index (κ3) is 2.86. The van der Waals surface area contributed by atoms with Crippen molar-refractivity contribution >= 4 is 5.91 Å². The number of benzene rings is 1. The fourth-order valence-corrected chi connectivity index (χ4v) is 2.50. The first kappa shape index (κ1) is 12.1. The lowest BCUT2D eigenvalue weighted by Gasteiger charge is -2.29. The van der Waals surface area contributed by atoms with Crippen LogP contribution in [0.5, 0.6) is 0 Å². The average Bonchev–Trinajstić information content (AvgIpc) is 2.39. The lowest BCUT2D eigenvalue weighted by molar-refractivity contribution is -0.120. The van der Waals surface area contributed by atoms with Crippen molar-refractivity contribution in [1.82, 2.24) is 5.32 Å². The minimum Gasteiger partial charge on any atom is -0.368 e. The molecule has 1 aliphatic rings. The van der Waals surface area contributed by atoms with E-state index in [0.29, 0.717) is 5.92 Å². The van der Waals surface area contributed by atoms with E-state index in [0.717, 1.165) is 25.8 Å². The summed E-state index contributed by atoms with van der Waals surface area (Å²) in [4.78, 5) is 11.2. The number of amides is 1. The van der Waals surface area contributed by atoms with Crippen molar-refractivity contribution < 1.29 is 4.79 Å². The number of hydrogen-bond donors (Lipinski definition) is 2. The Hall–Kier alpha value is -1.35. The van der Waals surface area contributed by atoms with E-state index < -0.39 is 0 Å². The monoisotopic (exact) mass is 232 g/mol. The van der Waals surface area contributed by atoms with Crippen LogP contribution in [0.4, 0.5) is 0 Å². The van der Waals surface area contributed by atoms with Gasteiger partial charge in [0, 0.05) is 0 Å². The summed E-state index contributed by atoms with van der Waals surface area (Å²) in [6, 6.07) is 8.51. The molecule has 92 valence electrons. The number of nitrogens with one attached hydrogen (secondary N) is 1. The van der Waals surface area contributed by atoms with Crippen molar-refractivity contribution in [1.29, 1.82) is 0 Å². The quantitative estimate of drug-likeness (QED) is 0.831. The highest BCUT2D eigenvalue weighted by atomic mass is 16.1. The second-order valence-corrected chi connectivity index (χ2v) is 4.73. The highest BCUT2D eigenvalue weighted by molar-refractivity contribution is 5.80. The van der Waals surface area contributed by atoms with E-state index in [1.54, 1.807) is 0 Å². The first-order valence-electron chi connectivity index (χ1n) is 6.32. The minimum atomic E-state index is -0.235. The molecule has 2 rings (SSSR count). The highest BCUT2D eigenvalue weighted by Gasteiger charge is 2.26. The average molecular weight is 232 g/mol. The highest BCUT2D eigenvalue weighted by Crippen LogP contribution is 2.28. The van der Waals surface area contributed by atoms with Crippen molar-refractivity contribution in [2.24, 2.45) is 5.73 Å². The zero-order valence-corrected chi connectivity index (χ0v) is 10.3. The number of aryl methyl sites for hydroxylation is 1. The molecule has 1 saturated heterocycles. The van der Waals surface area contributed by atoms with Crippen LogP contribution in [0.1, 0.15) is 36.8 Å². The maximum absolute atomic E-state index is 11.2. The van der Waals surface area contributed by atoms with E-state index in [1.807, 2.05) is 0 Å². The molecule has 1 amide bonds. The molecule has 0 aromatic heterocycles. The topological polar surface area (TPSA) is 55.1 Å². The Morgan fingerprint density at radius 3 is 3.06 bits per heavy atom. The summed E-state index contributed by atoms with van der Waals surface area (Å²) in [6.07, 6.45) is 2.96. The summed E-state index contributed by atoms with van der Waals surface area (Å²) in [5.74, 6) is 0.224. The molecule has 1 heterocycles. The maximum Gasteiger partial charge on any atom is 0.234 e. The number of carbonyl (C=O) groups is 1. The van der Waals surface area contributed by atoms with Gasteiger partial charge in [0.2, 0.25) is 5.91 Å². The molecular weight excluding hydrogens is 212 g/mol. The van der Waals surface area contributed by atoms with Gasteiger partial charge in [-0.25, -0.2) is 0 Å². The predicted octanol–water partition coefficient (Wildman–Crippen LogP) is 1.57. The normalized spacial score (nSPS) is 24.5. The number of hydrogen-bond acceptors (Lipinski definition) is 2. The van der Waals surface area contributed by atoms with Gasteiger partial charge in [0.1, 0.15) is 0 Å². The van der Waals surface area contributed by atoms with Gasteiger partial charge in [-0.2, -0.15) is 0 Å². The van der Waals surface area contributed by atoms with Crippen molar-refractivity contribution in [3.63, 3.8) is 0 Å². The fraction of sp³-hybridized carbons (Fsp3) is 0.500. The largest absolute Gasteiger partial charge is 0.368 e. The molecule has 0 saturated carbocycles. The molecule has 2 atom stereocenters. The van der Waals surface area contributed by atoms with E-state index >= 15 is 0 Å². The molecule has 3 heteroatoms. The Kier molecular flexibility index (Phi) is 3.79. The smallest absolute Gasteiger partial charge is 0.234 e. The molecular formula is C14H20N2O. The molecule has 1 aliphatic heterocycles. The lowest BCUT2D eigenvalue weighted by Crippen LogP contribution is -2.46. The molecule has 0 bridgehead atoms. The van der Waals surface area contributed by atoms with Crippen LogP contribution in [-0.2, 0) is 11.2 Å². The third-order valence-corrected chi connectivity index (χ3v) is 3.58. The molecule has 1 aromatic rings. The van der Waals surface area contributed by atoms with E-state index in [4.69, 9.17) is 5.73 Å².